The molecule has 21 heavy (non-hydrogen) atoms. The highest BCUT2D eigenvalue weighted by molar-refractivity contribution is 5.96. The summed E-state index contributed by atoms with van der Waals surface area (Å²) in [7, 11) is 1.56. The normalized spacial score (nSPS) is 11.8. The van der Waals surface area contributed by atoms with E-state index in [1.165, 1.54) is 4.90 Å². The molecule has 0 saturated heterocycles. The van der Waals surface area contributed by atoms with E-state index in [0.717, 1.165) is 5.56 Å². The molecule has 0 heterocycles. The van der Waals surface area contributed by atoms with Crippen LogP contribution in [-0.2, 0) is 9.53 Å². The standard InChI is InChI=1S/C15H22N2O4/c1-4-12(10-21-3)16-15(20)17(9-14(18)19)13-7-5-11(2)6-8-13/h5-8,12H,4,9-10H2,1-3H3,(H,16,20)(H,18,19). The minimum Gasteiger partial charge on any atom is -0.480 e. The molecule has 116 valence electrons. The number of nitrogens with zero attached hydrogens (tertiary/aromatic N) is 1. The first-order valence-corrected chi connectivity index (χ1v) is 6.83. The summed E-state index contributed by atoms with van der Waals surface area (Å²) in [5.74, 6) is -1.06. The van der Waals surface area contributed by atoms with E-state index in [2.05, 4.69) is 5.32 Å². The lowest BCUT2D eigenvalue weighted by Crippen LogP contribution is -2.48. The van der Waals surface area contributed by atoms with Gasteiger partial charge in [-0.15, -0.1) is 0 Å². The number of rotatable bonds is 7. The average molecular weight is 294 g/mol. The molecule has 0 bridgehead atoms. The van der Waals surface area contributed by atoms with Crippen molar-refractivity contribution in [3.63, 3.8) is 0 Å². The maximum atomic E-state index is 12.3. The van der Waals surface area contributed by atoms with Crippen LogP contribution in [0.15, 0.2) is 24.3 Å². The van der Waals surface area contributed by atoms with E-state index in [1.807, 2.05) is 26.0 Å². The molecule has 0 aliphatic heterocycles. The van der Waals surface area contributed by atoms with Gasteiger partial charge in [0, 0.05) is 12.8 Å². The Kier molecular flexibility index (Phi) is 6.68. The van der Waals surface area contributed by atoms with E-state index in [0.29, 0.717) is 18.7 Å². The molecular formula is C15H22N2O4. The number of aryl methyl sites for hydroxylation is 1. The smallest absolute Gasteiger partial charge is 0.323 e. The maximum Gasteiger partial charge on any atom is 0.323 e. The van der Waals surface area contributed by atoms with Crippen LogP contribution in [0.4, 0.5) is 10.5 Å². The Balaban J connectivity index is 2.88. The number of carbonyl (C=O) groups is 2. The molecule has 0 fully saturated rings. The minimum absolute atomic E-state index is 0.149. The maximum absolute atomic E-state index is 12.3. The molecule has 6 nitrogen and oxygen atoms in total. The van der Waals surface area contributed by atoms with Crippen molar-refractivity contribution in [2.24, 2.45) is 0 Å². The average Bonchev–Trinajstić information content (AvgIpc) is 2.45. The number of ether oxygens (including phenoxy) is 1. The van der Waals surface area contributed by atoms with E-state index in [4.69, 9.17) is 9.84 Å². The van der Waals surface area contributed by atoms with Crippen LogP contribution in [0.2, 0.25) is 0 Å². The molecule has 6 heteroatoms. The quantitative estimate of drug-likeness (QED) is 0.806. The molecule has 0 aliphatic carbocycles. The lowest BCUT2D eigenvalue weighted by atomic mass is 10.2. The van der Waals surface area contributed by atoms with E-state index < -0.39 is 18.5 Å². The molecular weight excluding hydrogens is 272 g/mol. The molecule has 1 aromatic carbocycles. The van der Waals surface area contributed by atoms with Crippen LogP contribution in [0, 0.1) is 6.92 Å². The zero-order chi connectivity index (χ0) is 15.8. The molecule has 0 saturated carbocycles. The van der Waals surface area contributed by atoms with Gasteiger partial charge in [-0.25, -0.2) is 4.79 Å². The number of carbonyl (C=O) groups excluding carboxylic acids is 1. The summed E-state index contributed by atoms with van der Waals surface area (Å²) in [4.78, 5) is 24.5. The van der Waals surface area contributed by atoms with E-state index in [9.17, 15) is 9.59 Å². The highest BCUT2D eigenvalue weighted by Crippen LogP contribution is 2.15. The SMILES string of the molecule is CCC(COC)NC(=O)N(CC(=O)O)c1ccc(C)cc1. The summed E-state index contributed by atoms with van der Waals surface area (Å²) in [5, 5.41) is 11.8. The van der Waals surface area contributed by atoms with E-state index in [1.54, 1.807) is 19.2 Å². The number of benzene rings is 1. The van der Waals surface area contributed by atoms with Crippen molar-refractivity contribution in [1.29, 1.82) is 0 Å². The number of anilines is 1. The van der Waals surface area contributed by atoms with Crippen LogP contribution in [0.1, 0.15) is 18.9 Å². The van der Waals surface area contributed by atoms with Crippen LogP contribution in [0.3, 0.4) is 0 Å². The Morgan fingerprint density at radius 3 is 2.43 bits per heavy atom. The Morgan fingerprint density at radius 1 is 1.33 bits per heavy atom. The first-order chi connectivity index (χ1) is 9.97. The van der Waals surface area contributed by atoms with Crippen LogP contribution >= 0.6 is 0 Å². The van der Waals surface area contributed by atoms with Gasteiger partial charge in [-0.1, -0.05) is 24.6 Å². The predicted octanol–water partition coefficient (Wildman–Crippen LogP) is 2.02. The molecule has 1 atom stereocenters. The first kappa shape index (κ1) is 17.0. The number of urea groups is 1. The Hall–Kier alpha value is -2.08. The highest BCUT2D eigenvalue weighted by Gasteiger charge is 2.21. The molecule has 0 aromatic heterocycles. The van der Waals surface area contributed by atoms with Crippen LogP contribution < -0.4 is 10.2 Å². The Morgan fingerprint density at radius 2 is 1.95 bits per heavy atom. The summed E-state index contributed by atoms with van der Waals surface area (Å²) < 4.78 is 5.03. The third-order valence-corrected chi connectivity index (χ3v) is 3.07. The number of carboxylic acids is 1. The lowest BCUT2D eigenvalue weighted by Gasteiger charge is -2.24. The van der Waals surface area contributed by atoms with Crippen molar-refractivity contribution >= 4 is 17.7 Å². The number of nitrogens with one attached hydrogen (secondary N) is 1. The highest BCUT2D eigenvalue weighted by atomic mass is 16.5. The van der Waals surface area contributed by atoms with Crippen molar-refractivity contribution in [3.8, 4) is 0 Å². The second kappa shape index (κ2) is 8.26. The van der Waals surface area contributed by atoms with Gasteiger partial charge in [0.05, 0.1) is 12.6 Å². The summed E-state index contributed by atoms with van der Waals surface area (Å²) >= 11 is 0. The number of methoxy groups -OCH3 is 1. The number of hydrogen-bond acceptors (Lipinski definition) is 3. The van der Waals surface area contributed by atoms with Crippen LogP contribution in [-0.4, -0.2) is 43.4 Å². The van der Waals surface area contributed by atoms with E-state index >= 15 is 0 Å². The molecule has 0 spiro atoms. The second-order valence-corrected chi connectivity index (χ2v) is 4.83. The van der Waals surface area contributed by atoms with Crippen molar-refractivity contribution in [2.45, 2.75) is 26.3 Å². The number of hydrogen-bond donors (Lipinski definition) is 2. The molecule has 2 amide bonds. The molecule has 0 radical (unpaired) electrons. The molecule has 1 rings (SSSR count). The topological polar surface area (TPSA) is 78.9 Å². The molecule has 2 N–H and O–H groups in total. The van der Waals surface area contributed by atoms with Gasteiger partial charge in [-0.3, -0.25) is 9.69 Å². The summed E-state index contributed by atoms with van der Waals surface area (Å²) in [6.45, 7) is 3.85. The largest absolute Gasteiger partial charge is 0.480 e. The molecule has 1 aromatic rings. The van der Waals surface area contributed by atoms with Gasteiger partial charge in [0.2, 0.25) is 0 Å². The fraction of sp³-hybridized carbons (Fsp3) is 0.467. The van der Waals surface area contributed by atoms with Gasteiger partial charge in [0.1, 0.15) is 6.54 Å². The van der Waals surface area contributed by atoms with Crippen molar-refractivity contribution in [2.75, 3.05) is 25.2 Å². The monoisotopic (exact) mass is 294 g/mol. The van der Waals surface area contributed by atoms with Crippen molar-refractivity contribution < 1.29 is 19.4 Å². The Bertz CT molecular complexity index is 473. The van der Waals surface area contributed by atoms with Gasteiger partial charge in [-0.2, -0.15) is 0 Å². The second-order valence-electron chi connectivity index (χ2n) is 4.83. The minimum atomic E-state index is -1.06. The van der Waals surface area contributed by atoms with Gasteiger partial charge in [0.15, 0.2) is 0 Å². The fourth-order valence-corrected chi connectivity index (χ4v) is 1.86. The summed E-state index contributed by atoms with van der Waals surface area (Å²) in [6, 6.07) is 6.55. The zero-order valence-corrected chi connectivity index (χ0v) is 12.6. The summed E-state index contributed by atoms with van der Waals surface area (Å²) in [6.07, 6.45) is 0.703. The van der Waals surface area contributed by atoms with Crippen LogP contribution in [0.5, 0.6) is 0 Å². The van der Waals surface area contributed by atoms with Crippen molar-refractivity contribution in [3.05, 3.63) is 29.8 Å². The molecule has 1 unspecified atom stereocenters. The van der Waals surface area contributed by atoms with Gasteiger partial charge >= 0.3 is 12.0 Å². The fourth-order valence-electron chi connectivity index (χ4n) is 1.86. The lowest BCUT2D eigenvalue weighted by molar-refractivity contribution is -0.135. The third kappa shape index (κ3) is 5.43. The van der Waals surface area contributed by atoms with Crippen molar-refractivity contribution in [1.82, 2.24) is 5.32 Å². The van der Waals surface area contributed by atoms with Crippen LogP contribution in [0.25, 0.3) is 0 Å². The molecule has 0 aliphatic rings. The predicted molar refractivity (Wildman–Crippen MR) is 80.6 cm³/mol. The zero-order valence-electron chi connectivity index (χ0n) is 12.6. The van der Waals surface area contributed by atoms with Gasteiger partial charge < -0.3 is 15.2 Å². The third-order valence-electron chi connectivity index (χ3n) is 3.07. The van der Waals surface area contributed by atoms with E-state index in [-0.39, 0.29) is 6.04 Å². The van der Waals surface area contributed by atoms with Gasteiger partial charge in [-0.05, 0) is 25.5 Å². The summed E-state index contributed by atoms with van der Waals surface area (Å²) in [5.41, 5.74) is 1.59. The number of carboxylic acid groups (broad SMARTS) is 1. The van der Waals surface area contributed by atoms with Gasteiger partial charge in [0.25, 0.3) is 0 Å². The Labute approximate surface area is 124 Å². The number of amides is 2. The number of aliphatic carboxylic acids is 1. The first-order valence-electron chi connectivity index (χ1n) is 6.83.